The fourth-order valence-electron chi connectivity index (χ4n) is 3.31. The molecule has 2 aromatic heterocycles. The number of rotatable bonds is 4. The van der Waals surface area contributed by atoms with Crippen LogP contribution in [0.15, 0.2) is 42.7 Å². The van der Waals surface area contributed by atoms with Crippen molar-refractivity contribution >= 4 is 11.6 Å². The highest BCUT2D eigenvalue weighted by atomic mass is 19.1. The first-order chi connectivity index (χ1) is 14.3. The number of tetrazole rings is 1. The van der Waals surface area contributed by atoms with E-state index in [1.807, 2.05) is 6.92 Å². The smallest absolute Gasteiger partial charge is 0.259 e. The molecule has 2 heterocycles. The summed E-state index contributed by atoms with van der Waals surface area (Å²) in [4.78, 5) is 12.9. The van der Waals surface area contributed by atoms with Crippen LogP contribution in [0.25, 0.3) is 11.4 Å². The van der Waals surface area contributed by atoms with E-state index in [-0.39, 0.29) is 11.6 Å². The molecule has 0 saturated carbocycles. The zero-order valence-corrected chi connectivity index (χ0v) is 16.4. The number of nitrogens with zero attached hydrogens (tertiary/aromatic N) is 6. The molecule has 0 spiro atoms. The van der Waals surface area contributed by atoms with Crippen LogP contribution in [0.3, 0.4) is 0 Å². The van der Waals surface area contributed by atoms with Crippen LogP contribution in [0.2, 0.25) is 0 Å². The summed E-state index contributed by atoms with van der Waals surface area (Å²) in [6.45, 7) is 5.19. The lowest BCUT2D eigenvalue weighted by Crippen LogP contribution is -2.14. The predicted octanol–water partition coefficient (Wildman–Crippen LogP) is 3.30. The van der Waals surface area contributed by atoms with Gasteiger partial charge in [0.25, 0.3) is 5.91 Å². The van der Waals surface area contributed by atoms with Crippen molar-refractivity contribution in [2.45, 2.75) is 20.8 Å². The molecule has 0 bridgehead atoms. The van der Waals surface area contributed by atoms with Gasteiger partial charge in [0, 0.05) is 11.8 Å². The highest BCUT2D eigenvalue weighted by Crippen LogP contribution is 2.23. The summed E-state index contributed by atoms with van der Waals surface area (Å²) in [5.41, 5.74) is 3.48. The van der Waals surface area contributed by atoms with Gasteiger partial charge in [-0.25, -0.2) is 18.1 Å². The van der Waals surface area contributed by atoms with Crippen LogP contribution in [0.4, 0.5) is 14.5 Å². The van der Waals surface area contributed by atoms with Crippen LogP contribution in [-0.2, 0) is 0 Å². The van der Waals surface area contributed by atoms with Crippen molar-refractivity contribution in [1.82, 2.24) is 30.0 Å². The molecule has 8 nitrogen and oxygen atoms in total. The average molecular weight is 409 g/mol. The van der Waals surface area contributed by atoms with E-state index in [0.29, 0.717) is 22.6 Å². The molecule has 0 radical (unpaired) electrons. The summed E-state index contributed by atoms with van der Waals surface area (Å²) >= 11 is 0. The lowest BCUT2D eigenvalue weighted by Gasteiger charge is -2.10. The predicted molar refractivity (Wildman–Crippen MR) is 105 cm³/mol. The number of hydrogen-bond acceptors (Lipinski definition) is 5. The van der Waals surface area contributed by atoms with E-state index in [1.54, 1.807) is 32.0 Å². The summed E-state index contributed by atoms with van der Waals surface area (Å²) in [6.07, 6.45) is 1.48. The van der Waals surface area contributed by atoms with Gasteiger partial charge in [0.1, 0.15) is 17.8 Å². The summed E-state index contributed by atoms with van der Waals surface area (Å²) in [5.74, 6) is -1.83. The molecule has 152 valence electrons. The van der Waals surface area contributed by atoms with Crippen LogP contribution in [0.1, 0.15) is 27.3 Å². The maximum atomic E-state index is 14.2. The normalized spacial score (nSPS) is 11.0. The molecule has 1 amide bonds. The highest BCUT2D eigenvalue weighted by Gasteiger charge is 2.21. The Labute approximate surface area is 170 Å². The third-order valence-corrected chi connectivity index (χ3v) is 4.71. The van der Waals surface area contributed by atoms with Gasteiger partial charge in [0.2, 0.25) is 0 Å². The third kappa shape index (κ3) is 3.43. The van der Waals surface area contributed by atoms with Gasteiger partial charge < -0.3 is 5.32 Å². The first kappa shape index (κ1) is 19.4. The zero-order chi connectivity index (χ0) is 21.4. The van der Waals surface area contributed by atoms with Gasteiger partial charge in [-0.3, -0.25) is 4.79 Å². The summed E-state index contributed by atoms with van der Waals surface area (Å²) < 4.78 is 30.2. The Morgan fingerprint density at radius 2 is 1.80 bits per heavy atom. The van der Waals surface area contributed by atoms with Gasteiger partial charge >= 0.3 is 0 Å². The monoisotopic (exact) mass is 409 g/mol. The molecular formula is C20H17F2N7O. The maximum absolute atomic E-state index is 14.2. The second kappa shape index (κ2) is 7.47. The molecule has 0 aliphatic heterocycles. The number of aryl methyl sites for hydroxylation is 2. The van der Waals surface area contributed by atoms with E-state index < -0.39 is 11.6 Å². The van der Waals surface area contributed by atoms with Crippen molar-refractivity contribution in [3.63, 3.8) is 0 Å². The largest absolute Gasteiger partial charge is 0.322 e. The van der Waals surface area contributed by atoms with Crippen LogP contribution in [-0.4, -0.2) is 35.9 Å². The molecule has 0 atom stereocenters. The van der Waals surface area contributed by atoms with Gasteiger partial charge in [-0.05, 0) is 67.1 Å². The fourth-order valence-corrected chi connectivity index (χ4v) is 3.31. The lowest BCUT2D eigenvalue weighted by atomic mass is 10.1. The Morgan fingerprint density at radius 1 is 1.03 bits per heavy atom. The summed E-state index contributed by atoms with van der Waals surface area (Å²) in [7, 11) is 0. The van der Waals surface area contributed by atoms with Gasteiger partial charge in [0.15, 0.2) is 5.82 Å². The lowest BCUT2D eigenvalue weighted by molar-refractivity contribution is 0.102. The molecule has 4 aromatic rings. The van der Waals surface area contributed by atoms with E-state index in [2.05, 4.69) is 25.9 Å². The third-order valence-electron chi connectivity index (χ3n) is 4.71. The van der Waals surface area contributed by atoms with Crippen molar-refractivity contribution in [3.05, 3.63) is 76.9 Å². The Kier molecular flexibility index (Phi) is 4.82. The Hall–Kier alpha value is -3.95. The quantitative estimate of drug-likeness (QED) is 0.559. The number of benzene rings is 2. The molecule has 30 heavy (non-hydrogen) atoms. The van der Waals surface area contributed by atoms with Crippen molar-refractivity contribution in [2.75, 3.05) is 5.32 Å². The van der Waals surface area contributed by atoms with Gasteiger partial charge in [-0.2, -0.15) is 5.10 Å². The second-order valence-electron chi connectivity index (χ2n) is 6.76. The number of hydrogen-bond donors (Lipinski definition) is 1. The number of anilines is 1. The number of amides is 1. The molecule has 4 rings (SSSR count). The Morgan fingerprint density at radius 3 is 2.47 bits per heavy atom. The van der Waals surface area contributed by atoms with Crippen molar-refractivity contribution in [1.29, 1.82) is 0 Å². The standard InChI is InChI=1S/C20H17F2N7O/c1-11-8-15(5-7-17(11)28-10-23-26-27-28)24-20(30)19-12(2)25-29(13(19)3)18-6-4-14(21)9-16(18)22/h4-10H,1-3H3,(H,24,30). The number of nitrogens with one attached hydrogen (secondary N) is 1. The minimum Gasteiger partial charge on any atom is -0.322 e. The van der Waals surface area contributed by atoms with Crippen molar-refractivity contribution < 1.29 is 13.6 Å². The van der Waals surface area contributed by atoms with E-state index in [0.717, 1.165) is 23.4 Å². The number of halogens is 2. The van der Waals surface area contributed by atoms with E-state index in [4.69, 9.17) is 0 Å². The summed E-state index contributed by atoms with van der Waals surface area (Å²) in [6, 6.07) is 8.52. The van der Waals surface area contributed by atoms with E-state index >= 15 is 0 Å². The van der Waals surface area contributed by atoms with Crippen LogP contribution in [0.5, 0.6) is 0 Å². The van der Waals surface area contributed by atoms with Crippen molar-refractivity contribution in [3.8, 4) is 11.4 Å². The minimum absolute atomic E-state index is 0.0673. The fraction of sp³-hybridized carbons (Fsp3) is 0.150. The SMILES string of the molecule is Cc1cc(NC(=O)c2c(C)nn(-c3ccc(F)cc3F)c2C)ccc1-n1cnnn1. The second-order valence-corrected chi connectivity index (χ2v) is 6.76. The highest BCUT2D eigenvalue weighted by molar-refractivity contribution is 6.06. The molecule has 0 aliphatic rings. The number of aromatic nitrogens is 6. The molecular weight excluding hydrogens is 392 g/mol. The van der Waals surface area contributed by atoms with Crippen LogP contribution in [0, 0.1) is 32.4 Å². The van der Waals surface area contributed by atoms with E-state index in [9.17, 15) is 13.6 Å². The Balaban J connectivity index is 1.63. The summed E-state index contributed by atoms with van der Waals surface area (Å²) in [5, 5.41) is 18.2. The maximum Gasteiger partial charge on any atom is 0.259 e. The van der Waals surface area contributed by atoms with E-state index in [1.165, 1.54) is 21.8 Å². The van der Waals surface area contributed by atoms with Crippen LogP contribution < -0.4 is 5.32 Å². The first-order valence-electron chi connectivity index (χ1n) is 9.02. The molecule has 0 fully saturated rings. The first-order valence-corrected chi connectivity index (χ1v) is 9.02. The van der Waals surface area contributed by atoms with Crippen molar-refractivity contribution in [2.24, 2.45) is 0 Å². The minimum atomic E-state index is -0.763. The molecule has 1 N–H and O–H groups in total. The molecule has 0 saturated heterocycles. The molecule has 2 aromatic carbocycles. The molecule has 10 heteroatoms. The Bertz CT molecular complexity index is 1250. The zero-order valence-electron chi connectivity index (χ0n) is 16.4. The van der Waals surface area contributed by atoms with Gasteiger partial charge in [-0.1, -0.05) is 0 Å². The molecule has 0 aliphatic carbocycles. The average Bonchev–Trinajstić information content (AvgIpc) is 3.30. The number of carbonyl (C=O) groups excluding carboxylic acids is 1. The van der Waals surface area contributed by atoms with Gasteiger partial charge in [0.05, 0.1) is 22.6 Å². The topological polar surface area (TPSA) is 90.5 Å². The molecule has 0 unspecified atom stereocenters. The van der Waals surface area contributed by atoms with Gasteiger partial charge in [-0.15, -0.1) is 5.10 Å². The number of carbonyl (C=O) groups is 1. The van der Waals surface area contributed by atoms with Crippen LogP contribution >= 0.6 is 0 Å².